The Bertz CT molecular complexity index is 390. The zero-order valence-corrected chi connectivity index (χ0v) is 19.3. The zero-order valence-electron chi connectivity index (χ0n) is 19.3. The SMILES string of the molecule is CCC(CCCCCCCCCC(=O)OCCC(C)C)C(=O)OCCC(C)C. The van der Waals surface area contributed by atoms with Gasteiger partial charge in [0, 0.05) is 6.42 Å². The maximum absolute atomic E-state index is 12.1. The lowest BCUT2D eigenvalue weighted by atomic mass is 9.98. The molecule has 1 atom stereocenters. The third-order valence-electron chi connectivity index (χ3n) is 5.16. The number of hydrogen-bond donors (Lipinski definition) is 0. The molecule has 0 spiro atoms. The van der Waals surface area contributed by atoms with Crippen molar-refractivity contribution >= 4 is 11.9 Å². The van der Waals surface area contributed by atoms with Crippen molar-refractivity contribution < 1.29 is 19.1 Å². The summed E-state index contributed by atoms with van der Waals surface area (Å²) in [6.07, 6.45) is 12.1. The first-order valence-corrected chi connectivity index (χ1v) is 11.7. The Hall–Kier alpha value is -1.06. The van der Waals surface area contributed by atoms with Gasteiger partial charge in [-0.2, -0.15) is 0 Å². The van der Waals surface area contributed by atoms with Gasteiger partial charge in [0.2, 0.25) is 0 Å². The van der Waals surface area contributed by atoms with Gasteiger partial charge >= 0.3 is 11.9 Å². The maximum atomic E-state index is 12.1. The highest BCUT2D eigenvalue weighted by molar-refractivity contribution is 5.72. The van der Waals surface area contributed by atoms with E-state index in [0.29, 0.717) is 31.5 Å². The molecule has 0 aromatic carbocycles. The standard InChI is InChI=1S/C24H46O4/c1-6-22(24(26)28-19-17-21(4)5)14-12-10-8-7-9-11-13-15-23(25)27-18-16-20(2)3/h20-22H,6-19H2,1-5H3. The Kier molecular flexibility index (Phi) is 17.3. The van der Waals surface area contributed by atoms with Gasteiger partial charge in [-0.05, 0) is 43.9 Å². The summed E-state index contributed by atoms with van der Waals surface area (Å²) in [4.78, 5) is 23.7. The van der Waals surface area contributed by atoms with E-state index in [2.05, 4.69) is 34.6 Å². The van der Waals surface area contributed by atoms with Gasteiger partial charge in [0.25, 0.3) is 0 Å². The highest BCUT2D eigenvalue weighted by atomic mass is 16.5. The van der Waals surface area contributed by atoms with E-state index in [0.717, 1.165) is 44.9 Å². The van der Waals surface area contributed by atoms with Crippen LogP contribution in [0.15, 0.2) is 0 Å². The molecule has 0 amide bonds. The molecule has 4 heteroatoms. The third-order valence-corrected chi connectivity index (χ3v) is 5.16. The molecule has 0 bridgehead atoms. The molecule has 0 heterocycles. The van der Waals surface area contributed by atoms with Crippen molar-refractivity contribution in [1.82, 2.24) is 0 Å². The summed E-state index contributed by atoms with van der Waals surface area (Å²) in [7, 11) is 0. The first-order valence-electron chi connectivity index (χ1n) is 11.7. The van der Waals surface area contributed by atoms with Crippen LogP contribution in [0.25, 0.3) is 0 Å². The summed E-state index contributed by atoms with van der Waals surface area (Å²) in [5.74, 6) is 1.16. The van der Waals surface area contributed by atoms with E-state index >= 15 is 0 Å². The number of ether oxygens (including phenoxy) is 2. The van der Waals surface area contributed by atoms with Crippen molar-refractivity contribution in [3.63, 3.8) is 0 Å². The van der Waals surface area contributed by atoms with Crippen LogP contribution in [0.3, 0.4) is 0 Å². The third kappa shape index (κ3) is 17.1. The Labute approximate surface area is 174 Å². The molecule has 166 valence electrons. The molecule has 0 aromatic rings. The first-order chi connectivity index (χ1) is 13.4. The molecule has 4 nitrogen and oxygen atoms in total. The average Bonchev–Trinajstić information content (AvgIpc) is 2.62. The van der Waals surface area contributed by atoms with Gasteiger partial charge in [-0.25, -0.2) is 0 Å². The highest BCUT2D eigenvalue weighted by Crippen LogP contribution is 2.17. The quantitative estimate of drug-likeness (QED) is 0.190. The van der Waals surface area contributed by atoms with E-state index in [9.17, 15) is 9.59 Å². The lowest BCUT2D eigenvalue weighted by Gasteiger charge is -2.14. The molecule has 0 aliphatic rings. The molecular weight excluding hydrogens is 352 g/mol. The molecule has 0 aliphatic carbocycles. The van der Waals surface area contributed by atoms with Gasteiger partial charge in [-0.3, -0.25) is 9.59 Å². The normalized spacial score (nSPS) is 12.4. The number of rotatable bonds is 18. The van der Waals surface area contributed by atoms with Crippen LogP contribution in [0.1, 0.15) is 112 Å². The van der Waals surface area contributed by atoms with Crippen molar-refractivity contribution in [3.8, 4) is 0 Å². The predicted octanol–water partition coefficient (Wildman–Crippen LogP) is 6.70. The number of esters is 2. The van der Waals surface area contributed by atoms with Crippen molar-refractivity contribution in [3.05, 3.63) is 0 Å². The highest BCUT2D eigenvalue weighted by Gasteiger charge is 2.17. The molecule has 0 radical (unpaired) electrons. The largest absolute Gasteiger partial charge is 0.466 e. The lowest BCUT2D eigenvalue weighted by molar-refractivity contribution is -0.149. The maximum Gasteiger partial charge on any atom is 0.308 e. The van der Waals surface area contributed by atoms with E-state index in [1.807, 2.05) is 0 Å². The predicted molar refractivity (Wildman–Crippen MR) is 116 cm³/mol. The minimum absolute atomic E-state index is 0.0107. The molecular formula is C24H46O4. The molecule has 0 N–H and O–H groups in total. The van der Waals surface area contributed by atoms with E-state index < -0.39 is 0 Å². The van der Waals surface area contributed by atoms with Crippen LogP contribution in [0.5, 0.6) is 0 Å². The Morgan fingerprint density at radius 2 is 1.18 bits per heavy atom. The van der Waals surface area contributed by atoms with Gasteiger partial charge in [0.15, 0.2) is 0 Å². The van der Waals surface area contributed by atoms with Gasteiger partial charge in [-0.15, -0.1) is 0 Å². The van der Waals surface area contributed by atoms with Crippen LogP contribution >= 0.6 is 0 Å². The summed E-state index contributed by atoms with van der Waals surface area (Å²) in [6.45, 7) is 11.7. The second-order valence-corrected chi connectivity index (χ2v) is 8.87. The number of unbranched alkanes of at least 4 members (excludes halogenated alkanes) is 6. The fourth-order valence-electron chi connectivity index (χ4n) is 3.03. The van der Waals surface area contributed by atoms with Crippen LogP contribution in [0.4, 0.5) is 0 Å². The van der Waals surface area contributed by atoms with Gasteiger partial charge in [-0.1, -0.05) is 73.1 Å². The van der Waals surface area contributed by atoms with E-state index in [1.54, 1.807) is 0 Å². The molecule has 0 aromatic heterocycles. The van der Waals surface area contributed by atoms with E-state index in [4.69, 9.17) is 9.47 Å². The van der Waals surface area contributed by atoms with Gasteiger partial charge in [0.05, 0.1) is 19.1 Å². The summed E-state index contributed by atoms with van der Waals surface area (Å²) in [5.41, 5.74) is 0. The number of carbonyl (C=O) groups excluding carboxylic acids is 2. The molecule has 0 saturated heterocycles. The second-order valence-electron chi connectivity index (χ2n) is 8.87. The van der Waals surface area contributed by atoms with Gasteiger partial charge in [0.1, 0.15) is 0 Å². The Morgan fingerprint density at radius 1 is 0.679 bits per heavy atom. The summed E-state index contributed by atoms with van der Waals surface area (Å²) >= 11 is 0. The van der Waals surface area contributed by atoms with Crippen molar-refractivity contribution in [2.75, 3.05) is 13.2 Å². The molecule has 1 unspecified atom stereocenters. The first kappa shape index (κ1) is 26.9. The van der Waals surface area contributed by atoms with Crippen molar-refractivity contribution in [2.24, 2.45) is 17.8 Å². The van der Waals surface area contributed by atoms with Crippen molar-refractivity contribution in [1.29, 1.82) is 0 Å². The topological polar surface area (TPSA) is 52.6 Å². The fraction of sp³-hybridized carbons (Fsp3) is 0.917. The summed E-state index contributed by atoms with van der Waals surface area (Å²) in [5, 5.41) is 0. The van der Waals surface area contributed by atoms with Crippen molar-refractivity contribution in [2.45, 2.75) is 112 Å². The number of hydrogen-bond acceptors (Lipinski definition) is 4. The van der Waals surface area contributed by atoms with Crippen LogP contribution in [0.2, 0.25) is 0 Å². The summed E-state index contributed by atoms with van der Waals surface area (Å²) < 4.78 is 10.6. The Balaban J connectivity index is 3.54. The van der Waals surface area contributed by atoms with Gasteiger partial charge < -0.3 is 9.47 Å². The van der Waals surface area contributed by atoms with Crippen LogP contribution in [-0.2, 0) is 19.1 Å². The van der Waals surface area contributed by atoms with Crippen LogP contribution < -0.4 is 0 Å². The van der Waals surface area contributed by atoms with Crippen LogP contribution in [-0.4, -0.2) is 25.2 Å². The van der Waals surface area contributed by atoms with E-state index in [-0.39, 0.29) is 17.9 Å². The van der Waals surface area contributed by atoms with Crippen LogP contribution in [0, 0.1) is 17.8 Å². The minimum atomic E-state index is -0.0495. The molecule has 0 rings (SSSR count). The fourth-order valence-corrected chi connectivity index (χ4v) is 3.03. The lowest BCUT2D eigenvalue weighted by Crippen LogP contribution is -2.18. The smallest absolute Gasteiger partial charge is 0.308 e. The van der Waals surface area contributed by atoms with E-state index in [1.165, 1.54) is 25.7 Å². The molecule has 0 saturated carbocycles. The second kappa shape index (κ2) is 18.0. The number of carbonyl (C=O) groups is 2. The monoisotopic (exact) mass is 398 g/mol. The summed E-state index contributed by atoms with van der Waals surface area (Å²) in [6, 6.07) is 0. The molecule has 0 aliphatic heterocycles. The Morgan fingerprint density at radius 3 is 1.71 bits per heavy atom. The average molecular weight is 399 g/mol. The minimum Gasteiger partial charge on any atom is -0.466 e. The zero-order chi connectivity index (χ0) is 21.2. The molecule has 0 fully saturated rings. The molecule has 28 heavy (non-hydrogen) atoms.